The van der Waals surface area contributed by atoms with Gasteiger partial charge in [-0.2, -0.15) is 14.5 Å². The molecule has 0 fully saturated rings. The van der Waals surface area contributed by atoms with E-state index in [0.29, 0.717) is 11.5 Å². The van der Waals surface area contributed by atoms with E-state index in [1.807, 2.05) is 24.3 Å². The molecule has 0 radical (unpaired) electrons. The summed E-state index contributed by atoms with van der Waals surface area (Å²) >= 11 is 0. The first-order valence-electron chi connectivity index (χ1n) is 14.1. The fourth-order valence-corrected chi connectivity index (χ4v) is 5.98. The average Bonchev–Trinajstić information content (AvgIpc) is 3.62. The van der Waals surface area contributed by atoms with Gasteiger partial charge < -0.3 is 19.7 Å². The van der Waals surface area contributed by atoms with Crippen molar-refractivity contribution in [2.75, 3.05) is 14.2 Å². The summed E-state index contributed by atoms with van der Waals surface area (Å²) in [5, 5.41) is 32.0. The molecule has 0 unspecified atom stereocenters. The molecule has 4 N–H and O–H groups in total. The van der Waals surface area contributed by atoms with Crippen LogP contribution in [0.2, 0.25) is 0 Å². The van der Waals surface area contributed by atoms with Crippen molar-refractivity contribution in [2.45, 2.75) is 75.1 Å². The van der Waals surface area contributed by atoms with Crippen molar-refractivity contribution in [2.24, 2.45) is 5.14 Å². The van der Waals surface area contributed by atoms with Crippen LogP contribution in [0.25, 0.3) is 0 Å². The quantitative estimate of drug-likeness (QED) is 0.189. The molecule has 2 aromatic carbocycles. The van der Waals surface area contributed by atoms with Crippen LogP contribution in [-0.2, 0) is 46.2 Å². The summed E-state index contributed by atoms with van der Waals surface area (Å²) in [6.07, 6.45) is 3.02. The van der Waals surface area contributed by atoms with E-state index in [2.05, 4.69) is 10.2 Å². The van der Waals surface area contributed by atoms with Crippen LogP contribution < -0.4 is 14.6 Å². The summed E-state index contributed by atoms with van der Waals surface area (Å²) in [6, 6.07) is 17.3. The molecule has 252 valence electrons. The Balaban J connectivity index is 0.000000344. The van der Waals surface area contributed by atoms with Crippen LogP contribution in [0.1, 0.15) is 38.8 Å². The van der Waals surface area contributed by atoms with E-state index in [0.717, 1.165) is 11.1 Å². The van der Waals surface area contributed by atoms with Gasteiger partial charge in [-0.05, 0) is 75.2 Å². The number of rotatable bonds is 13. The Morgan fingerprint density at radius 3 is 1.39 bits per heavy atom. The molecule has 2 aromatic heterocycles. The lowest BCUT2D eigenvalue weighted by atomic mass is 10.1. The van der Waals surface area contributed by atoms with Crippen LogP contribution in [0.3, 0.4) is 0 Å². The van der Waals surface area contributed by atoms with Crippen molar-refractivity contribution in [1.82, 2.24) is 23.9 Å². The van der Waals surface area contributed by atoms with E-state index >= 15 is 0 Å². The van der Waals surface area contributed by atoms with Crippen LogP contribution in [0.15, 0.2) is 83.1 Å². The van der Waals surface area contributed by atoms with Gasteiger partial charge in [0.2, 0.25) is 0 Å². The maximum atomic E-state index is 13.5. The number of ether oxygens (including phenoxy) is 2. The van der Waals surface area contributed by atoms with Crippen LogP contribution in [0.4, 0.5) is 0 Å². The number of hydrogen-bond donors (Lipinski definition) is 3. The highest BCUT2D eigenvalue weighted by Gasteiger charge is 2.28. The lowest BCUT2D eigenvalue weighted by Gasteiger charge is -2.22. The predicted octanol–water partition coefficient (Wildman–Crippen LogP) is 2.36. The minimum atomic E-state index is -3.91. The van der Waals surface area contributed by atoms with Gasteiger partial charge in [0.1, 0.15) is 11.5 Å². The third kappa shape index (κ3) is 11.2. The summed E-state index contributed by atoms with van der Waals surface area (Å²) in [4.78, 5) is 0. The second kappa shape index (κ2) is 14.7. The largest absolute Gasteiger partial charge is 0.497 e. The third-order valence-electron chi connectivity index (χ3n) is 6.26. The van der Waals surface area contributed by atoms with Crippen molar-refractivity contribution in [3.8, 4) is 11.5 Å². The molecule has 4 rings (SSSR count). The number of sulfonamides is 2. The first kappa shape index (κ1) is 36.7. The molecule has 14 nitrogen and oxygen atoms in total. The van der Waals surface area contributed by atoms with E-state index in [4.69, 9.17) is 14.6 Å². The summed E-state index contributed by atoms with van der Waals surface area (Å²) in [6.45, 7) is 7.21. The number of methoxy groups -OCH3 is 2. The predicted molar refractivity (Wildman–Crippen MR) is 171 cm³/mol. The zero-order valence-electron chi connectivity index (χ0n) is 26.7. The maximum Gasteiger partial charge on any atom is 0.262 e. The Kier molecular flexibility index (Phi) is 11.8. The monoisotopic (exact) mass is 678 g/mol. The number of nitrogens with zero attached hydrogens (tertiary/aromatic N) is 5. The van der Waals surface area contributed by atoms with Crippen LogP contribution in [0.5, 0.6) is 11.5 Å². The topological polar surface area (TPSA) is 192 Å². The molecule has 0 aliphatic heterocycles. The Bertz CT molecular complexity index is 1720. The zero-order chi connectivity index (χ0) is 34.3. The first-order valence-corrected chi connectivity index (χ1v) is 17.1. The van der Waals surface area contributed by atoms with Gasteiger partial charge in [-0.3, -0.25) is 9.36 Å². The van der Waals surface area contributed by atoms with Gasteiger partial charge in [0.15, 0.2) is 10.1 Å². The maximum absolute atomic E-state index is 13.5. The summed E-state index contributed by atoms with van der Waals surface area (Å²) in [7, 11) is -4.49. The molecule has 16 heteroatoms. The first-order chi connectivity index (χ1) is 21.3. The highest BCUT2D eigenvalue weighted by Crippen LogP contribution is 2.23. The number of nitrogens with two attached hydrogens (primary N) is 1. The molecular weight excluding hydrogens is 636 g/mol. The second-order valence-corrected chi connectivity index (χ2v) is 15.2. The molecular formula is C30H42N6O8S2. The highest BCUT2D eigenvalue weighted by atomic mass is 32.2. The molecule has 4 aromatic rings. The lowest BCUT2D eigenvalue weighted by Crippen LogP contribution is -2.31. The van der Waals surface area contributed by atoms with E-state index in [-0.39, 0.29) is 36.2 Å². The van der Waals surface area contributed by atoms with Crippen molar-refractivity contribution < 1.29 is 36.5 Å². The molecule has 0 amide bonds. The molecule has 46 heavy (non-hydrogen) atoms. The van der Waals surface area contributed by atoms with E-state index in [1.165, 1.54) is 32.0 Å². The molecule has 0 bridgehead atoms. The van der Waals surface area contributed by atoms with Gasteiger partial charge in [-0.1, -0.05) is 24.3 Å². The van der Waals surface area contributed by atoms with E-state index in [9.17, 15) is 27.0 Å². The minimum absolute atomic E-state index is 0.0660. The fraction of sp³-hybridized carbons (Fsp3) is 0.400. The zero-order valence-corrected chi connectivity index (χ0v) is 28.4. The summed E-state index contributed by atoms with van der Waals surface area (Å²) in [5.74, 6) is 1.40. The van der Waals surface area contributed by atoms with Gasteiger partial charge in [0, 0.05) is 25.5 Å². The minimum Gasteiger partial charge on any atom is -0.497 e. The molecule has 0 saturated carbocycles. The number of aromatic nitrogens is 4. The Hall–Kier alpha value is -3.80. The normalized spacial score (nSPS) is 12.5. The van der Waals surface area contributed by atoms with Crippen molar-refractivity contribution in [3.63, 3.8) is 0 Å². The van der Waals surface area contributed by atoms with Crippen LogP contribution in [0, 0.1) is 0 Å². The molecule has 0 spiro atoms. The van der Waals surface area contributed by atoms with Gasteiger partial charge in [0.05, 0.1) is 38.5 Å². The molecule has 0 saturated heterocycles. The SMILES string of the molecule is CC(C)(O)Cn1ccc(S(N)(=O)=O)n1.COc1ccc(CN(Cc2ccc(OC)cc2)S(=O)(=O)c2ccn(CC(C)(C)O)n2)cc1. The van der Waals surface area contributed by atoms with Crippen molar-refractivity contribution in [3.05, 3.63) is 84.2 Å². The van der Waals surface area contributed by atoms with Crippen molar-refractivity contribution >= 4 is 20.0 Å². The number of primary sulfonamides is 1. The molecule has 0 atom stereocenters. The Morgan fingerprint density at radius 1 is 0.696 bits per heavy atom. The van der Waals surface area contributed by atoms with Crippen molar-refractivity contribution in [1.29, 1.82) is 0 Å². The Morgan fingerprint density at radius 2 is 1.07 bits per heavy atom. The van der Waals surface area contributed by atoms with Crippen LogP contribution in [-0.4, -0.2) is 76.3 Å². The third-order valence-corrected chi connectivity index (χ3v) is 8.75. The van der Waals surface area contributed by atoms with E-state index in [1.54, 1.807) is 72.4 Å². The van der Waals surface area contributed by atoms with Crippen LogP contribution >= 0.6 is 0 Å². The second-order valence-electron chi connectivity index (χ2n) is 11.8. The van der Waals surface area contributed by atoms with Gasteiger partial charge >= 0.3 is 0 Å². The van der Waals surface area contributed by atoms with Gasteiger partial charge in [0.25, 0.3) is 20.0 Å². The lowest BCUT2D eigenvalue weighted by molar-refractivity contribution is 0.0567. The fourth-order valence-electron chi connectivity index (χ4n) is 4.17. The molecule has 2 heterocycles. The highest BCUT2D eigenvalue weighted by molar-refractivity contribution is 7.89. The molecule has 0 aliphatic rings. The Labute approximate surface area is 270 Å². The van der Waals surface area contributed by atoms with E-state index < -0.39 is 31.2 Å². The number of aliphatic hydroxyl groups is 2. The molecule has 0 aliphatic carbocycles. The standard InChI is InChI=1S/C23H29N3O5S.C7H13N3O3S/c1-23(2,27)17-25-14-13-22(24-25)32(28,29)26(15-18-5-9-20(30-3)10-6-18)16-19-7-11-21(31-4)12-8-19;1-7(2,11)5-10-4-3-6(9-10)14(8,12)13/h5-14,27H,15-17H2,1-4H3;3-4,11H,5H2,1-2H3,(H2,8,12,13). The van der Waals surface area contributed by atoms with Gasteiger partial charge in [-0.25, -0.2) is 22.0 Å². The smallest absolute Gasteiger partial charge is 0.262 e. The number of benzene rings is 2. The van der Waals surface area contributed by atoms with Gasteiger partial charge in [-0.15, -0.1) is 0 Å². The average molecular weight is 679 g/mol. The number of hydrogen-bond acceptors (Lipinski definition) is 10. The summed E-state index contributed by atoms with van der Waals surface area (Å²) < 4.78 is 63.3. The summed E-state index contributed by atoms with van der Waals surface area (Å²) in [5.41, 5.74) is -0.321.